The van der Waals surface area contributed by atoms with Gasteiger partial charge in [0.25, 0.3) is 0 Å². The molecule has 0 amide bonds. The number of benzene rings is 1. The number of nitrogens with zero attached hydrogens (tertiary/aromatic N) is 1. The van der Waals surface area contributed by atoms with E-state index < -0.39 is 0 Å². The van der Waals surface area contributed by atoms with Crippen LogP contribution in [0.25, 0.3) is 11.3 Å². The lowest BCUT2D eigenvalue weighted by molar-refractivity contribution is 0.589. The van der Waals surface area contributed by atoms with Crippen molar-refractivity contribution in [2.24, 2.45) is 0 Å². The molecule has 2 rings (SSSR count). The SMILES string of the molecule is Cc1cc(C(C)(C)C)cc(C)c1-c1cnc(Cl)[nH]1. The summed E-state index contributed by atoms with van der Waals surface area (Å²) in [5, 5.41) is 0.434. The molecule has 1 N–H and O–H groups in total. The Kier molecular flexibility index (Phi) is 3.24. The van der Waals surface area contributed by atoms with Gasteiger partial charge < -0.3 is 4.98 Å². The maximum absolute atomic E-state index is 5.85. The Hall–Kier alpha value is -1.28. The molecule has 0 radical (unpaired) electrons. The molecule has 2 aromatic rings. The van der Waals surface area contributed by atoms with Crippen LogP contribution in [0, 0.1) is 13.8 Å². The van der Waals surface area contributed by atoms with Crippen molar-refractivity contribution in [2.45, 2.75) is 40.0 Å². The summed E-state index contributed by atoms with van der Waals surface area (Å²) in [5.74, 6) is 0. The monoisotopic (exact) mass is 262 g/mol. The van der Waals surface area contributed by atoms with Gasteiger partial charge in [0.15, 0.2) is 5.28 Å². The van der Waals surface area contributed by atoms with Crippen LogP contribution in [0.5, 0.6) is 0 Å². The first-order chi connectivity index (χ1) is 8.29. The van der Waals surface area contributed by atoms with Gasteiger partial charge in [0.05, 0.1) is 11.9 Å². The van der Waals surface area contributed by atoms with E-state index in [0.717, 1.165) is 5.69 Å². The lowest BCUT2D eigenvalue weighted by Gasteiger charge is -2.22. The molecule has 0 aliphatic rings. The minimum atomic E-state index is 0.166. The van der Waals surface area contributed by atoms with E-state index in [2.05, 4.69) is 56.7 Å². The molecule has 0 saturated heterocycles. The molecular weight excluding hydrogens is 244 g/mol. The second-order valence-electron chi connectivity index (χ2n) is 5.82. The van der Waals surface area contributed by atoms with Gasteiger partial charge in [0, 0.05) is 5.56 Å². The van der Waals surface area contributed by atoms with Crippen LogP contribution in [0.15, 0.2) is 18.3 Å². The van der Waals surface area contributed by atoms with E-state index in [4.69, 9.17) is 11.6 Å². The zero-order valence-corrected chi connectivity index (χ0v) is 12.3. The van der Waals surface area contributed by atoms with Gasteiger partial charge in [-0.15, -0.1) is 0 Å². The van der Waals surface area contributed by atoms with Gasteiger partial charge in [-0.1, -0.05) is 32.9 Å². The average molecular weight is 263 g/mol. The van der Waals surface area contributed by atoms with Gasteiger partial charge in [-0.2, -0.15) is 0 Å². The Morgan fingerprint density at radius 1 is 1.11 bits per heavy atom. The summed E-state index contributed by atoms with van der Waals surface area (Å²) in [6.07, 6.45) is 1.79. The molecule has 0 fully saturated rings. The molecule has 0 atom stereocenters. The Morgan fingerprint density at radius 2 is 1.67 bits per heavy atom. The molecule has 1 aromatic heterocycles. The van der Waals surface area contributed by atoms with Gasteiger partial charge in [0.2, 0.25) is 0 Å². The number of hydrogen-bond acceptors (Lipinski definition) is 1. The van der Waals surface area contributed by atoms with Crippen LogP contribution >= 0.6 is 11.6 Å². The fraction of sp³-hybridized carbons (Fsp3) is 0.400. The molecule has 0 unspecified atom stereocenters. The van der Waals surface area contributed by atoms with Crippen LogP contribution in [0.2, 0.25) is 5.28 Å². The van der Waals surface area contributed by atoms with Crippen molar-refractivity contribution < 1.29 is 0 Å². The topological polar surface area (TPSA) is 28.7 Å². The van der Waals surface area contributed by atoms with E-state index in [1.54, 1.807) is 6.20 Å². The summed E-state index contributed by atoms with van der Waals surface area (Å²) >= 11 is 5.85. The number of H-pyrrole nitrogens is 1. The van der Waals surface area contributed by atoms with Crippen molar-refractivity contribution in [2.75, 3.05) is 0 Å². The summed E-state index contributed by atoms with van der Waals surface area (Å²) in [4.78, 5) is 7.14. The fourth-order valence-electron chi connectivity index (χ4n) is 2.25. The molecule has 1 heterocycles. The number of aryl methyl sites for hydroxylation is 2. The molecule has 18 heavy (non-hydrogen) atoms. The van der Waals surface area contributed by atoms with E-state index in [0.29, 0.717) is 5.28 Å². The predicted octanol–water partition coefficient (Wildman–Crippen LogP) is 4.64. The Balaban J connectivity index is 2.58. The number of aromatic nitrogens is 2. The Bertz CT molecular complexity index is 553. The number of rotatable bonds is 1. The summed E-state index contributed by atoms with van der Waals surface area (Å²) in [7, 11) is 0. The summed E-state index contributed by atoms with van der Waals surface area (Å²) < 4.78 is 0. The molecule has 0 spiro atoms. The smallest absolute Gasteiger partial charge is 0.200 e. The van der Waals surface area contributed by atoms with Crippen LogP contribution < -0.4 is 0 Å². The standard InChI is InChI=1S/C15H19ClN2/c1-9-6-11(15(3,4)5)7-10(2)13(9)12-8-17-14(16)18-12/h6-8H,1-5H3,(H,17,18). The van der Waals surface area contributed by atoms with E-state index in [-0.39, 0.29) is 5.41 Å². The average Bonchev–Trinajstić information content (AvgIpc) is 2.62. The number of imidazole rings is 1. The van der Waals surface area contributed by atoms with Crippen LogP contribution in [0.3, 0.4) is 0 Å². The number of halogens is 1. The second kappa shape index (κ2) is 4.43. The molecule has 2 nitrogen and oxygen atoms in total. The molecule has 96 valence electrons. The highest BCUT2D eigenvalue weighted by atomic mass is 35.5. The molecule has 0 bridgehead atoms. The zero-order chi connectivity index (χ0) is 13.5. The summed E-state index contributed by atoms with van der Waals surface area (Å²) in [6, 6.07) is 4.49. The van der Waals surface area contributed by atoms with Crippen LogP contribution in [-0.4, -0.2) is 9.97 Å². The fourth-order valence-corrected chi connectivity index (χ4v) is 2.40. The Labute approximate surface area is 113 Å². The first-order valence-electron chi connectivity index (χ1n) is 6.11. The molecular formula is C15H19ClN2. The number of aromatic amines is 1. The van der Waals surface area contributed by atoms with E-state index >= 15 is 0 Å². The highest BCUT2D eigenvalue weighted by Gasteiger charge is 2.17. The third-order valence-electron chi connectivity index (χ3n) is 3.21. The minimum Gasteiger partial charge on any atom is -0.329 e. The molecule has 1 aromatic carbocycles. The minimum absolute atomic E-state index is 0.166. The van der Waals surface area contributed by atoms with Crippen molar-refractivity contribution in [3.63, 3.8) is 0 Å². The molecule has 0 aliphatic carbocycles. The van der Waals surface area contributed by atoms with Gasteiger partial charge in [-0.3, -0.25) is 0 Å². The maximum atomic E-state index is 5.85. The third-order valence-corrected chi connectivity index (χ3v) is 3.40. The lowest BCUT2D eigenvalue weighted by Crippen LogP contribution is -2.12. The van der Waals surface area contributed by atoms with Crippen molar-refractivity contribution in [1.82, 2.24) is 9.97 Å². The van der Waals surface area contributed by atoms with Crippen molar-refractivity contribution >= 4 is 11.6 Å². The van der Waals surface area contributed by atoms with Gasteiger partial charge >= 0.3 is 0 Å². The van der Waals surface area contributed by atoms with Crippen molar-refractivity contribution in [3.05, 3.63) is 40.3 Å². The normalized spacial score (nSPS) is 11.9. The largest absolute Gasteiger partial charge is 0.329 e. The molecule has 0 aliphatic heterocycles. The van der Waals surface area contributed by atoms with Gasteiger partial charge in [-0.25, -0.2) is 4.98 Å². The maximum Gasteiger partial charge on any atom is 0.200 e. The van der Waals surface area contributed by atoms with Gasteiger partial charge in [0.1, 0.15) is 0 Å². The highest BCUT2D eigenvalue weighted by Crippen LogP contribution is 2.32. The van der Waals surface area contributed by atoms with E-state index in [1.807, 2.05) is 0 Å². The second-order valence-corrected chi connectivity index (χ2v) is 6.18. The number of nitrogens with one attached hydrogen (secondary N) is 1. The van der Waals surface area contributed by atoms with Crippen LogP contribution in [0.4, 0.5) is 0 Å². The highest BCUT2D eigenvalue weighted by molar-refractivity contribution is 6.28. The van der Waals surface area contributed by atoms with Crippen molar-refractivity contribution in [3.8, 4) is 11.3 Å². The molecule has 0 saturated carbocycles. The third kappa shape index (κ3) is 2.44. The van der Waals surface area contributed by atoms with Crippen molar-refractivity contribution in [1.29, 1.82) is 0 Å². The summed E-state index contributed by atoms with van der Waals surface area (Å²) in [5.41, 5.74) is 6.20. The summed E-state index contributed by atoms with van der Waals surface area (Å²) in [6.45, 7) is 11.0. The first-order valence-corrected chi connectivity index (χ1v) is 6.49. The van der Waals surface area contributed by atoms with E-state index in [9.17, 15) is 0 Å². The van der Waals surface area contributed by atoms with Gasteiger partial charge in [-0.05, 0) is 47.6 Å². The Morgan fingerprint density at radius 3 is 2.06 bits per heavy atom. The predicted molar refractivity (Wildman–Crippen MR) is 77.2 cm³/mol. The van der Waals surface area contributed by atoms with Crippen LogP contribution in [0.1, 0.15) is 37.5 Å². The lowest BCUT2D eigenvalue weighted by atomic mass is 9.83. The van der Waals surface area contributed by atoms with E-state index in [1.165, 1.54) is 22.3 Å². The van der Waals surface area contributed by atoms with Crippen LogP contribution in [-0.2, 0) is 5.41 Å². The quantitative estimate of drug-likeness (QED) is 0.797. The first kappa shape index (κ1) is 13.2. The molecule has 3 heteroatoms. The zero-order valence-electron chi connectivity index (χ0n) is 11.6. The number of hydrogen-bond donors (Lipinski definition) is 1.